The third-order valence-electron chi connectivity index (χ3n) is 17.8. The van der Waals surface area contributed by atoms with E-state index in [1.54, 1.807) is 0 Å². The minimum Gasteiger partial charge on any atom is -0.462 e. The molecule has 0 saturated heterocycles. The lowest BCUT2D eigenvalue weighted by molar-refractivity contribution is -0.161. The van der Waals surface area contributed by atoms with Crippen LogP contribution in [0.15, 0.2) is 0 Å². The molecular formula is C75H146O17P2. The molecule has 0 aromatic carbocycles. The van der Waals surface area contributed by atoms with E-state index < -0.39 is 97.5 Å². The summed E-state index contributed by atoms with van der Waals surface area (Å²) < 4.78 is 68.5. The van der Waals surface area contributed by atoms with Gasteiger partial charge in [-0.3, -0.25) is 37.3 Å². The van der Waals surface area contributed by atoms with Gasteiger partial charge in [-0.05, 0) is 37.5 Å². The second-order valence-electron chi connectivity index (χ2n) is 27.8. The molecule has 0 aromatic heterocycles. The number of aliphatic hydroxyl groups excluding tert-OH is 1. The Balaban J connectivity index is 5.24. The predicted octanol–water partition coefficient (Wildman–Crippen LogP) is 21.9. The van der Waals surface area contributed by atoms with Gasteiger partial charge in [0, 0.05) is 25.7 Å². The average molecular weight is 1380 g/mol. The fraction of sp³-hybridized carbons (Fsp3) is 0.947. The van der Waals surface area contributed by atoms with Crippen molar-refractivity contribution in [1.29, 1.82) is 0 Å². The molecule has 0 radical (unpaired) electrons. The van der Waals surface area contributed by atoms with E-state index in [9.17, 15) is 43.2 Å². The summed E-state index contributed by atoms with van der Waals surface area (Å²) in [6.07, 6.45) is 53.9. The Bertz CT molecular complexity index is 1820. The van der Waals surface area contributed by atoms with Crippen molar-refractivity contribution in [3.63, 3.8) is 0 Å². The number of hydrogen-bond donors (Lipinski definition) is 3. The highest BCUT2D eigenvalue weighted by molar-refractivity contribution is 7.47. The number of ether oxygens (including phenoxy) is 4. The Kier molecular flexibility index (Phi) is 65.5. The van der Waals surface area contributed by atoms with Crippen LogP contribution in [0, 0.1) is 11.8 Å². The highest BCUT2D eigenvalue weighted by Gasteiger charge is 2.30. The first-order valence-electron chi connectivity index (χ1n) is 39.0. The summed E-state index contributed by atoms with van der Waals surface area (Å²) in [5.74, 6) is -0.535. The molecule has 0 spiro atoms. The zero-order valence-electron chi connectivity index (χ0n) is 61.3. The SMILES string of the molecule is CCCCCCCCCCCCCCC(=O)OC[C@H](COP(=O)(O)OC[C@H](O)COP(=O)(O)OC[C@@H](COC(=O)CCCCCCCCCCC(C)CC)OC(=O)CCCCCCCCCCCCCCCCCC(C)C)OC(=O)CCCCCCCCCCCCCC. The van der Waals surface area contributed by atoms with Gasteiger partial charge in [0.2, 0.25) is 0 Å². The second-order valence-corrected chi connectivity index (χ2v) is 30.7. The van der Waals surface area contributed by atoms with Crippen molar-refractivity contribution in [2.75, 3.05) is 39.6 Å². The van der Waals surface area contributed by atoms with Crippen LogP contribution in [0.1, 0.15) is 388 Å². The van der Waals surface area contributed by atoms with Gasteiger partial charge in [-0.2, -0.15) is 0 Å². The Morgan fingerprint density at radius 3 is 0.809 bits per heavy atom. The summed E-state index contributed by atoms with van der Waals surface area (Å²) >= 11 is 0. The molecule has 0 amide bonds. The van der Waals surface area contributed by atoms with E-state index in [1.165, 1.54) is 205 Å². The number of phosphoric acid groups is 2. The smallest absolute Gasteiger partial charge is 0.462 e. The van der Waals surface area contributed by atoms with Gasteiger partial charge in [-0.1, -0.05) is 337 Å². The maximum Gasteiger partial charge on any atom is 0.472 e. The van der Waals surface area contributed by atoms with Crippen LogP contribution in [0.5, 0.6) is 0 Å². The lowest BCUT2D eigenvalue weighted by atomic mass is 9.99. The van der Waals surface area contributed by atoms with Crippen molar-refractivity contribution in [2.45, 2.75) is 407 Å². The molecular weight excluding hydrogens is 1230 g/mol. The fourth-order valence-electron chi connectivity index (χ4n) is 11.4. The number of phosphoric ester groups is 2. The molecule has 0 saturated carbocycles. The molecule has 0 aromatic rings. The number of rotatable bonds is 74. The predicted molar refractivity (Wildman–Crippen MR) is 381 cm³/mol. The molecule has 19 heteroatoms. The number of aliphatic hydroxyl groups is 1. The van der Waals surface area contributed by atoms with Crippen molar-refractivity contribution in [3.8, 4) is 0 Å². The molecule has 0 bridgehead atoms. The van der Waals surface area contributed by atoms with Gasteiger partial charge in [0.1, 0.15) is 19.3 Å². The molecule has 17 nitrogen and oxygen atoms in total. The van der Waals surface area contributed by atoms with E-state index in [2.05, 4.69) is 41.5 Å². The molecule has 94 heavy (non-hydrogen) atoms. The van der Waals surface area contributed by atoms with Crippen molar-refractivity contribution in [3.05, 3.63) is 0 Å². The lowest BCUT2D eigenvalue weighted by Crippen LogP contribution is -2.30. The van der Waals surface area contributed by atoms with Gasteiger partial charge in [-0.25, -0.2) is 9.13 Å². The zero-order chi connectivity index (χ0) is 69.3. The number of hydrogen-bond acceptors (Lipinski definition) is 15. The van der Waals surface area contributed by atoms with Gasteiger partial charge in [0.15, 0.2) is 12.2 Å². The highest BCUT2D eigenvalue weighted by Crippen LogP contribution is 2.45. The number of carbonyl (C=O) groups is 4. The first kappa shape index (κ1) is 92.1. The maximum atomic E-state index is 13.1. The number of unbranched alkanes of at least 4 members (excludes halogenated alkanes) is 43. The van der Waals surface area contributed by atoms with E-state index in [0.29, 0.717) is 25.7 Å². The topological polar surface area (TPSA) is 237 Å². The summed E-state index contributed by atoms with van der Waals surface area (Å²) in [6.45, 7) is 9.62. The molecule has 0 fully saturated rings. The minimum atomic E-state index is -4.96. The van der Waals surface area contributed by atoms with E-state index in [0.717, 1.165) is 102 Å². The Morgan fingerprint density at radius 1 is 0.309 bits per heavy atom. The van der Waals surface area contributed by atoms with Crippen LogP contribution in [0.4, 0.5) is 0 Å². The summed E-state index contributed by atoms with van der Waals surface area (Å²) in [6, 6.07) is 0. The quantitative estimate of drug-likeness (QED) is 0.0222. The minimum absolute atomic E-state index is 0.107. The first-order valence-corrected chi connectivity index (χ1v) is 42.0. The van der Waals surface area contributed by atoms with Crippen LogP contribution in [-0.2, 0) is 65.4 Å². The van der Waals surface area contributed by atoms with Crippen molar-refractivity contribution >= 4 is 39.5 Å². The number of carbonyl (C=O) groups excluding carboxylic acids is 4. The van der Waals surface area contributed by atoms with Crippen LogP contribution in [0.3, 0.4) is 0 Å². The lowest BCUT2D eigenvalue weighted by Gasteiger charge is -2.21. The van der Waals surface area contributed by atoms with Gasteiger partial charge in [-0.15, -0.1) is 0 Å². The van der Waals surface area contributed by atoms with Crippen molar-refractivity contribution in [1.82, 2.24) is 0 Å². The molecule has 558 valence electrons. The third kappa shape index (κ3) is 67.3. The summed E-state index contributed by atoms with van der Waals surface area (Å²) in [5, 5.41) is 10.6. The molecule has 0 aliphatic heterocycles. The third-order valence-corrected chi connectivity index (χ3v) is 19.7. The normalized spacial score (nSPS) is 14.3. The van der Waals surface area contributed by atoms with E-state index in [-0.39, 0.29) is 25.7 Å². The summed E-state index contributed by atoms with van der Waals surface area (Å²) in [7, 11) is -9.91. The zero-order valence-corrected chi connectivity index (χ0v) is 63.1. The summed E-state index contributed by atoms with van der Waals surface area (Å²) in [5.41, 5.74) is 0. The molecule has 0 aliphatic rings. The second kappa shape index (κ2) is 66.9. The largest absolute Gasteiger partial charge is 0.472 e. The first-order chi connectivity index (χ1) is 45.4. The van der Waals surface area contributed by atoms with E-state index >= 15 is 0 Å². The Morgan fingerprint density at radius 2 is 0.543 bits per heavy atom. The molecule has 0 heterocycles. The van der Waals surface area contributed by atoms with E-state index in [4.69, 9.17) is 37.0 Å². The van der Waals surface area contributed by atoms with Gasteiger partial charge in [0.25, 0.3) is 0 Å². The van der Waals surface area contributed by atoms with Crippen LogP contribution < -0.4 is 0 Å². The molecule has 3 unspecified atom stereocenters. The maximum absolute atomic E-state index is 13.1. The van der Waals surface area contributed by atoms with Crippen LogP contribution >= 0.6 is 15.6 Å². The fourth-order valence-corrected chi connectivity index (χ4v) is 13.0. The molecule has 0 rings (SSSR count). The van der Waals surface area contributed by atoms with Crippen LogP contribution in [-0.4, -0.2) is 96.7 Å². The molecule has 3 N–H and O–H groups in total. The average Bonchev–Trinajstić information content (AvgIpc) is 1.23. The van der Waals surface area contributed by atoms with Crippen LogP contribution in [0.25, 0.3) is 0 Å². The summed E-state index contributed by atoms with van der Waals surface area (Å²) in [4.78, 5) is 72.8. The van der Waals surface area contributed by atoms with Gasteiger partial charge in [0.05, 0.1) is 26.4 Å². The van der Waals surface area contributed by atoms with Gasteiger partial charge < -0.3 is 33.8 Å². The molecule has 0 aliphatic carbocycles. The van der Waals surface area contributed by atoms with Crippen molar-refractivity contribution in [2.24, 2.45) is 11.8 Å². The Labute approximate surface area is 575 Å². The van der Waals surface area contributed by atoms with Crippen LogP contribution in [0.2, 0.25) is 0 Å². The van der Waals surface area contributed by atoms with Gasteiger partial charge >= 0.3 is 39.5 Å². The Hall–Kier alpha value is -1.94. The molecule has 6 atom stereocenters. The monoisotopic (exact) mass is 1380 g/mol. The number of esters is 4. The van der Waals surface area contributed by atoms with Crippen molar-refractivity contribution < 1.29 is 80.2 Å². The van der Waals surface area contributed by atoms with E-state index in [1.807, 2.05) is 0 Å². The standard InChI is InChI=1S/C75H146O17P2/c1-7-10-12-14-16-18-20-28-32-39-45-51-57-72(77)85-63-70(91-74(79)59-53-47-41-33-29-21-19-17-15-13-11-8-2)65-89-93(81,82)87-61-69(76)62-88-94(83,84)90-66-71(64-86-73(78)58-52-46-40-36-35-38-44-50-56-68(6)9-3)92-75(80)60-54-48-42-34-30-26-24-22-23-25-27-31-37-43-49-55-67(4)5/h67-71,76H,7-66H2,1-6H3,(H,81,82)(H,83,84)/t68?,69-,70+,71+/m0/s1. The highest BCUT2D eigenvalue weighted by atomic mass is 31.2.